The molecule has 2 saturated heterocycles. The lowest BCUT2D eigenvalue weighted by Gasteiger charge is -2.37. The van der Waals surface area contributed by atoms with Crippen molar-refractivity contribution in [2.75, 3.05) is 51.0 Å². The SMILES string of the molecule is CCOc1cc2ncc(C#N)c(Nc3ccc(Oc4cc5ncnn5cn4)c(C)c3)c2c(O[C@@H]2CCN(C)CC2(F)F)c1NC(=O)/C=C/[C@H]1CCCN1C. The fraction of sp³-hybridized carbons (Fsp3) is 0.368. The van der Waals surface area contributed by atoms with Crippen LogP contribution in [0, 0.1) is 18.3 Å². The largest absolute Gasteiger partial charge is 0.491 e. The first-order chi connectivity index (χ1) is 26.0. The van der Waals surface area contributed by atoms with Gasteiger partial charge in [0.25, 0.3) is 5.92 Å². The van der Waals surface area contributed by atoms with E-state index >= 15 is 8.78 Å². The quantitative estimate of drug-likeness (QED) is 0.151. The van der Waals surface area contributed by atoms with Crippen LogP contribution in [0.1, 0.15) is 37.3 Å². The third-order valence-corrected chi connectivity index (χ3v) is 9.58. The normalized spacial score (nSPS) is 18.9. The molecule has 0 radical (unpaired) electrons. The topological polar surface area (TPSA) is 155 Å². The number of benzene rings is 2. The molecular weight excluding hydrogens is 698 g/mol. The molecule has 3 aromatic heterocycles. The Morgan fingerprint density at radius 3 is 2.70 bits per heavy atom. The summed E-state index contributed by atoms with van der Waals surface area (Å²) in [6, 6.07) is 10.8. The molecule has 2 aromatic carbocycles. The van der Waals surface area contributed by atoms with Crippen molar-refractivity contribution in [3.63, 3.8) is 0 Å². The van der Waals surface area contributed by atoms with Crippen molar-refractivity contribution in [1.29, 1.82) is 5.26 Å². The Bertz CT molecular complexity index is 2270. The van der Waals surface area contributed by atoms with E-state index in [0.717, 1.165) is 24.9 Å². The number of halogens is 2. The number of alkyl halides is 2. The minimum Gasteiger partial charge on any atom is -0.491 e. The summed E-state index contributed by atoms with van der Waals surface area (Å²) in [5.74, 6) is -2.77. The number of hydrogen-bond acceptors (Lipinski definition) is 12. The van der Waals surface area contributed by atoms with Gasteiger partial charge in [0.05, 0.1) is 35.3 Å². The number of nitrogens with one attached hydrogen (secondary N) is 2. The minimum atomic E-state index is -3.23. The highest BCUT2D eigenvalue weighted by Crippen LogP contribution is 2.48. The summed E-state index contributed by atoms with van der Waals surface area (Å²) in [4.78, 5) is 30.2. The van der Waals surface area contributed by atoms with Crippen LogP contribution >= 0.6 is 0 Å². The predicted octanol–water partition coefficient (Wildman–Crippen LogP) is 6.09. The molecule has 7 rings (SSSR count). The summed E-state index contributed by atoms with van der Waals surface area (Å²) in [5, 5.41) is 20.8. The molecule has 2 fully saturated rings. The van der Waals surface area contributed by atoms with Crippen molar-refractivity contribution in [2.24, 2.45) is 0 Å². The van der Waals surface area contributed by atoms with E-state index in [-0.39, 0.29) is 52.9 Å². The minimum absolute atomic E-state index is 0.0127. The Morgan fingerprint density at radius 1 is 1.11 bits per heavy atom. The second-order valence-electron chi connectivity index (χ2n) is 13.5. The number of nitriles is 1. The number of aryl methyl sites for hydroxylation is 1. The molecule has 54 heavy (non-hydrogen) atoms. The van der Waals surface area contributed by atoms with E-state index in [1.807, 2.05) is 26.1 Å². The Hall–Kier alpha value is -5.92. The van der Waals surface area contributed by atoms with Gasteiger partial charge >= 0.3 is 0 Å². The summed E-state index contributed by atoms with van der Waals surface area (Å²) >= 11 is 0. The lowest BCUT2D eigenvalue weighted by molar-refractivity contribution is -0.134. The lowest BCUT2D eigenvalue weighted by atomic mass is 10.0. The second kappa shape index (κ2) is 15.2. The van der Waals surface area contributed by atoms with Crippen LogP contribution in [0.3, 0.4) is 0 Å². The molecule has 2 aliphatic rings. The Labute approximate surface area is 310 Å². The van der Waals surface area contributed by atoms with Gasteiger partial charge in [-0.1, -0.05) is 6.08 Å². The smallest absolute Gasteiger partial charge is 0.296 e. The highest BCUT2D eigenvalue weighted by atomic mass is 19.3. The summed E-state index contributed by atoms with van der Waals surface area (Å²) in [6.45, 7) is 4.61. The van der Waals surface area contributed by atoms with Gasteiger partial charge in [-0.15, -0.1) is 0 Å². The third-order valence-electron chi connectivity index (χ3n) is 9.58. The zero-order valence-electron chi connectivity index (χ0n) is 30.3. The number of pyridine rings is 1. The molecule has 2 N–H and O–H groups in total. The van der Waals surface area contributed by atoms with Crippen LogP contribution < -0.4 is 24.8 Å². The van der Waals surface area contributed by atoms with Crippen LogP contribution in [0.5, 0.6) is 23.1 Å². The summed E-state index contributed by atoms with van der Waals surface area (Å²) in [7, 11) is 3.63. The third kappa shape index (κ3) is 7.59. The highest BCUT2D eigenvalue weighted by molar-refractivity contribution is 6.09. The molecule has 2 atom stereocenters. The van der Waals surface area contributed by atoms with Crippen molar-refractivity contribution in [1.82, 2.24) is 34.4 Å². The predicted molar refractivity (Wildman–Crippen MR) is 198 cm³/mol. The first-order valence-corrected chi connectivity index (χ1v) is 17.7. The van der Waals surface area contributed by atoms with Crippen LogP contribution in [0.4, 0.5) is 25.8 Å². The molecule has 0 saturated carbocycles. The number of carbonyl (C=O) groups is 1. The molecule has 0 aliphatic carbocycles. The van der Waals surface area contributed by atoms with Gasteiger partial charge in [-0.3, -0.25) is 14.7 Å². The van der Waals surface area contributed by atoms with Gasteiger partial charge in [0, 0.05) is 49.1 Å². The molecule has 0 bridgehead atoms. The van der Waals surface area contributed by atoms with Gasteiger partial charge in [-0.25, -0.2) is 23.3 Å². The van der Waals surface area contributed by atoms with Crippen molar-refractivity contribution in [2.45, 2.75) is 51.2 Å². The van der Waals surface area contributed by atoms with E-state index in [4.69, 9.17) is 14.2 Å². The molecular formula is C38H40F2N10O4. The summed E-state index contributed by atoms with van der Waals surface area (Å²) < 4.78 is 51.2. The Balaban J connectivity index is 1.31. The van der Waals surface area contributed by atoms with Crippen molar-refractivity contribution in [3.05, 3.63) is 72.5 Å². The van der Waals surface area contributed by atoms with E-state index in [1.165, 1.54) is 29.4 Å². The van der Waals surface area contributed by atoms with Crippen molar-refractivity contribution < 1.29 is 27.8 Å². The van der Waals surface area contributed by atoms with E-state index in [1.54, 1.807) is 43.1 Å². The highest BCUT2D eigenvalue weighted by Gasteiger charge is 2.46. The van der Waals surface area contributed by atoms with E-state index < -0.39 is 24.5 Å². The number of carbonyl (C=O) groups excluding carboxylic acids is 1. The fourth-order valence-electron chi connectivity index (χ4n) is 6.80. The van der Waals surface area contributed by atoms with Crippen molar-refractivity contribution in [3.8, 4) is 29.2 Å². The number of likely N-dealkylation sites (tertiary alicyclic amines) is 2. The lowest BCUT2D eigenvalue weighted by Crippen LogP contribution is -2.52. The van der Waals surface area contributed by atoms with Crippen LogP contribution in [-0.2, 0) is 4.79 Å². The number of hydrogen-bond donors (Lipinski definition) is 2. The van der Waals surface area contributed by atoms with Crippen LogP contribution in [0.2, 0.25) is 0 Å². The number of ether oxygens (including phenoxy) is 3. The van der Waals surface area contributed by atoms with Gasteiger partial charge in [-0.05, 0) is 71.1 Å². The van der Waals surface area contributed by atoms with Crippen LogP contribution in [0.25, 0.3) is 16.6 Å². The molecule has 2 aliphatic heterocycles. The van der Waals surface area contributed by atoms with E-state index in [0.29, 0.717) is 35.0 Å². The molecule has 5 aromatic rings. The number of rotatable bonds is 11. The van der Waals surface area contributed by atoms with Crippen molar-refractivity contribution >= 4 is 39.5 Å². The van der Waals surface area contributed by atoms with Gasteiger partial charge in [0.2, 0.25) is 11.8 Å². The monoisotopic (exact) mass is 738 g/mol. The average molecular weight is 739 g/mol. The Morgan fingerprint density at radius 2 is 1.96 bits per heavy atom. The molecule has 16 heteroatoms. The fourth-order valence-corrected chi connectivity index (χ4v) is 6.80. The summed E-state index contributed by atoms with van der Waals surface area (Å²) in [6.07, 6.45) is 7.98. The number of fused-ring (bicyclic) bond motifs is 2. The van der Waals surface area contributed by atoms with Gasteiger partial charge in [0.1, 0.15) is 35.9 Å². The molecule has 14 nitrogen and oxygen atoms in total. The van der Waals surface area contributed by atoms with Gasteiger partial charge < -0.3 is 29.7 Å². The average Bonchev–Trinajstić information content (AvgIpc) is 3.78. The number of amides is 1. The standard InChI is InChI=1S/C38H40F2N10O4/c1-5-52-29-16-27-34(37(54-30-12-14-48(3)20-38(30,39)40)36(29)47-32(51)11-9-26-7-6-13-49(26)4)35(24(18-41)19-42-27)46-25-8-10-28(23(2)15-25)53-33-17-31-43-21-45-50(31)22-44-33/h8-11,15-17,19,21-22,26,30H,5-7,12-14,20H2,1-4H3,(H,42,46)(H,47,51)/b11-9+/t26-,30-/m1/s1. The molecule has 280 valence electrons. The molecule has 1 amide bonds. The van der Waals surface area contributed by atoms with Gasteiger partial charge in [0.15, 0.2) is 17.5 Å². The van der Waals surface area contributed by atoms with Crippen LogP contribution in [0.15, 0.2) is 61.3 Å². The van der Waals surface area contributed by atoms with Crippen LogP contribution in [-0.4, -0.2) is 98.7 Å². The summed E-state index contributed by atoms with van der Waals surface area (Å²) in [5.41, 5.74) is 2.60. The zero-order valence-corrected chi connectivity index (χ0v) is 30.3. The second-order valence-corrected chi connectivity index (χ2v) is 13.5. The first kappa shape index (κ1) is 36.4. The maximum atomic E-state index is 15.7. The number of anilines is 3. The number of piperidine rings is 1. The van der Waals surface area contributed by atoms with Gasteiger partial charge in [-0.2, -0.15) is 10.4 Å². The van der Waals surface area contributed by atoms with E-state index in [9.17, 15) is 10.1 Å². The van der Waals surface area contributed by atoms with E-state index in [2.05, 4.69) is 41.7 Å². The zero-order chi connectivity index (χ0) is 38.0. The number of likely N-dealkylation sites (N-methyl/N-ethyl adjacent to an activating group) is 1. The maximum absolute atomic E-state index is 15.7. The molecule has 0 unspecified atom stereocenters. The number of aromatic nitrogens is 5. The molecule has 5 heterocycles. The maximum Gasteiger partial charge on any atom is 0.296 e. The number of nitrogens with zero attached hydrogens (tertiary/aromatic N) is 8. The first-order valence-electron chi connectivity index (χ1n) is 17.7. The Kier molecular flexibility index (Phi) is 10.3. The molecule has 0 spiro atoms.